The van der Waals surface area contributed by atoms with Gasteiger partial charge in [-0.1, -0.05) is 13.0 Å². The Morgan fingerprint density at radius 1 is 1.24 bits per heavy atom. The van der Waals surface area contributed by atoms with Crippen molar-refractivity contribution in [1.29, 1.82) is 0 Å². The molecule has 1 aromatic carbocycles. The molecule has 1 N–H and O–H groups in total. The maximum atomic E-state index is 9.96. The lowest BCUT2D eigenvalue weighted by molar-refractivity contribution is -0.140. The van der Waals surface area contributed by atoms with Crippen molar-refractivity contribution in [2.45, 2.75) is 52.2 Å². The maximum absolute atomic E-state index is 9.96. The van der Waals surface area contributed by atoms with Crippen LogP contribution < -0.4 is 15.5 Å². The van der Waals surface area contributed by atoms with Crippen molar-refractivity contribution >= 4 is 24.2 Å². The molecule has 0 unspecified atom stereocenters. The van der Waals surface area contributed by atoms with E-state index in [1.807, 2.05) is 12.1 Å². The molecular weight excluding hydrogens is 321 g/mol. The van der Waals surface area contributed by atoms with Crippen LogP contribution in [0.25, 0.3) is 0 Å². The number of fused-ring (bicyclic) bond motifs is 1. The molecule has 0 radical (unpaired) electrons. The van der Waals surface area contributed by atoms with E-state index in [1.54, 1.807) is 6.92 Å². The Morgan fingerprint density at radius 2 is 1.88 bits per heavy atom. The third-order valence-electron chi connectivity index (χ3n) is 4.72. The monoisotopic (exact) mass is 349 g/mol. The van der Waals surface area contributed by atoms with Gasteiger partial charge in [0.25, 0.3) is 0 Å². The minimum Gasteiger partial charge on any atom is -0.490 e. The Bertz CT molecular complexity index is 595. The summed E-state index contributed by atoms with van der Waals surface area (Å²) < 4.78 is 21.9. The number of carbonyl (C=O) groups is 1. The van der Waals surface area contributed by atoms with Gasteiger partial charge < -0.3 is 24.1 Å². The summed E-state index contributed by atoms with van der Waals surface area (Å²) in [7, 11) is 1.06. The van der Waals surface area contributed by atoms with E-state index < -0.39 is 0 Å². The number of methoxy groups -OCH3 is 1. The van der Waals surface area contributed by atoms with Gasteiger partial charge in [0.2, 0.25) is 0 Å². The summed E-state index contributed by atoms with van der Waals surface area (Å²) in [5.74, 6) is 0.738. The Hall–Kier alpha value is -1.73. The van der Waals surface area contributed by atoms with Gasteiger partial charge in [-0.15, -0.1) is 0 Å². The van der Waals surface area contributed by atoms with E-state index in [2.05, 4.69) is 43.8 Å². The lowest BCUT2D eigenvalue weighted by Crippen LogP contribution is -2.41. The average molecular weight is 349 g/mol. The van der Waals surface area contributed by atoms with Gasteiger partial charge in [-0.3, -0.25) is 4.79 Å². The molecule has 0 aromatic heterocycles. The van der Waals surface area contributed by atoms with E-state index in [0.29, 0.717) is 13.0 Å². The van der Waals surface area contributed by atoms with Gasteiger partial charge in [0, 0.05) is 13.0 Å². The van der Waals surface area contributed by atoms with E-state index in [-0.39, 0.29) is 24.3 Å². The van der Waals surface area contributed by atoms with Crippen LogP contribution in [-0.2, 0) is 18.8 Å². The topological polar surface area (TPSA) is 66.0 Å². The van der Waals surface area contributed by atoms with Crippen LogP contribution >= 0.6 is 0 Å². The molecule has 25 heavy (non-hydrogen) atoms. The highest BCUT2D eigenvalue weighted by molar-refractivity contribution is 6.62. The summed E-state index contributed by atoms with van der Waals surface area (Å²) in [6.45, 7) is 11.5. The average Bonchev–Trinajstić information content (AvgIpc) is 2.82. The van der Waals surface area contributed by atoms with Gasteiger partial charge in [0.1, 0.15) is 12.4 Å². The zero-order valence-corrected chi connectivity index (χ0v) is 16.0. The molecular formula is C18H28BNO5. The maximum Gasteiger partial charge on any atom is 0.494 e. The number of carbonyl (C=O) groups excluding carboxylic acids is 1. The first kappa shape index (κ1) is 19.6. The predicted molar refractivity (Wildman–Crippen MR) is 98.4 cm³/mol. The highest BCUT2D eigenvalue weighted by Gasteiger charge is 2.51. The molecule has 138 valence electrons. The number of esters is 1. The molecule has 2 aliphatic heterocycles. The van der Waals surface area contributed by atoms with Gasteiger partial charge in [0.15, 0.2) is 0 Å². The largest absolute Gasteiger partial charge is 0.494 e. The molecule has 6 nitrogen and oxygen atoms in total. The van der Waals surface area contributed by atoms with E-state index in [4.69, 9.17) is 14.0 Å². The molecule has 1 fully saturated rings. The van der Waals surface area contributed by atoms with E-state index in [1.165, 1.54) is 7.11 Å². The van der Waals surface area contributed by atoms with Crippen LogP contribution in [-0.4, -0.2) is 44.6 Å². The molecule has 0 bridgehead atoms. The van der Waals surface area contributed by atoms with Crippen LogP contribution in [0.1, 0.15) is 41.0 Å². The third kappa shape index (κ3) is 4.47. The smallest absolute Gasteiger partial charge is 0.490 e. The first-order chi connectivity index (χ1) is 11.7. The van der Waals surface area contributed by atoms with Crippen LogP contribution in [0.4, 0.5) is 5.69 Å². The second-order valence-corrected chi connectivity index (χ2v) is 7.05. The molecule has 0 atom stereocenters. The lowest BCUT2D eigenvalue weighted by atomic mass is 9.79. The van der Waals surface area contributed by atoms with Crippen molar-refractivity contribution in [1.82, 2.24) is 0 Å². The second-order valence-electron chi connectivity index (χ2n) is 7.05. The predicted octanol–water partition coefficient (Wildman–Crippen LogP) is 2.36. The first-order valence-electron chi connectivity index (χ1n) is 8.63. The summed E-state index contributed by atoms with van der Waals surface area (Å²) in [6, 6.07) is 6.03. The lowest BCUT2D eigenvalue weighted by Gasteiger charge is -2.32. The van der Waals surface area contributed by atoms with E-state index >= 15 is 0 Å². The number of rotatable bonds is 2. The van der Waals surface area contributed by atoms with Crippen LogP contribution in [0.15, 0.2) is 18.2 Å². The molecule has 1 aromatic rings. The van der Waals surface area contributed by atoms with Crippen LogP contribution in [0.3, 0.4) is 0 Å². The number of anilines is 1. The highest BCUT2D eigenvalue weighted by Crippen LogP contribution is 2.37. The number of hydrogen-bond donors (Lipinski definition) is 1. The van der Waals surface area contributed by atoms with Crippen molar-refractivity contribution in [2.24, 2.45) is 0 Å². The van der Waals surface area contributed by atoms with Gasteiger partial charge in [-0.2, -0.15) is 0 Å². The van der Waals surface area contributed by atoms with Crippen molar-refractivity contribution < 1.29 is 23.6 Å². The van der Waals surface area contributed by atoms with Gasteiger partial charge in [-0.05, 0) is 45.3 Å². The molecule has 2 aliphatic rings. The molecule has 3 rings (SSSR count). The molecule has 2 heterocycles. The molecule has 0 saturated carbocycles. The van der Waals surface area contributed by atoms with Crippen molar-refractivity contribution in [2.75, 3.05) is 25.6 Å². The standard InChI is InChI=1S/C14H20BNO3.C4H8O2/c1-13(2)14(3,4)19-15(18-13)10-5-6-12-11(9-10)16-7-8-17-12;1-3-4(5)6-2/h5-6,9,16H,7-8H2,1-4H3;3H2,1-2H3. The van der Waals surface area contributed by atoms with Crippen molar-refractivity contribution in [3.8, 4) is 5.75 Å². The fraction of sp³-hybridized carbons (Fsp3) is 0.611. The Balaban J connectivity index is 0.000000326. The second kappa shape index (κ2) is 7.66. The van der Waals surface area contributed by atoms with E-state index in [0.717, 1.165) is 23.4 Å². The third-order valence-corrected chi connectivity index (χ3v) is 4.72. The fourth-order valence-corrected chi connectivity index (χ4v) is 2.43. The number of benzene rings is 1. The minimum absolute atomic E-state index is 0.157. The van der Waals surface area contributed by atoms with Crippen LogP contribution in [0.5, 0.6) is 5.75 Å². The Kier molecular flexibility index (Phi) is 6.01. The summed E-state index contributed by atoms with van der Waals surface area (Å²) in [5, 5.41) is 3.33. The van der Waals surface area contributed by atoms with Crippen molar-refractivity contribution in [3.05, 3.63) is 18.2 Å². The Labute approximate surface area is 150 Å². The normalized spacial score (nSPS) is 19.7. The molecule has 0 aliphatic carbocycles. The summed E-state index contributed by atoms with van der Waals surface area (Å²) in [6.07, 6.45) is 0.469. The molecule has 1 saturated heterocycles. The number of ether oxygens (including phenoxy) is 2. The summed E-state index contributed by atoms with van der Waals surface area (Å²) in [5.41, 5.74) is 1.42. The van der Waals surface area contributed by atoms with Crippen molar-refractivity contribution in [3.63, 3.8) is 0 Å². The molecule has 0 amide bonds. The molecule has 7 heteroatoms. The zero-order valence-electron chi connectivity index (χ0n) is 16.0. The Morgan fingerprint density at radius 3 is 2.40 bits per heavy atom. The summed E-state index contributed by atoms with van der Waals surface area (Å²) in [4.78, 5) is 9.96. The minimum atomic E-state index is -0.320. The fourth-order valence-electron chi connectivity index (χ4n) is 2.43. The molecule has 0 spiro atoms. The highest BCUT2D eigenvalue weighted by atomic mass is 16.7. The van der Waals surface area contributed by atoms with Gasteiger partial charge in [0.05, 0.1) is 24.0 Å². The van der Waals surface area contributed by atoms with Crippen LogP contribution in [0, 0.1) is 0 Å². The quantitative estimate of drug-likeness (QED) is 0.653. The zero-order chi connectivity index (χ0) is 18.7. The summed E-state index contributed by atoms with van der Waals surface area (Å²) >= 11 is 0. The first-order valence-corrected chi connectivity index (χ1v) is 8.63. The SMILES string of the molecule is CC1(C)OB(c2ccc3c(c2)NCCO3)OC1(C)C.CCC(=O)OC. The van der Waals surface area contributed by atoms with E-state index in [9.17, 15) is 4.79 Å². The van der Waals surface area contributed by atoms with Gasteiger partial charge in [-0.25, -0.2) is 0 Å². The number of nitrogens with one attached hydrogen (secondary N) is 1. The van der Waals surface area contributed by atoms with Crippen LogP contribution in [0.2, 0.25) is 0 Å². The number of hydrogen-bond acceptors (Lipinski definition) is 6. The van der Waals surface area contributed by atoms with Gasteiger partial charge >= 0.3 is 13.1 Å².